The average molecular weight is 244 g/mol. The molecule has 1 aromatic rings. The molecule has 2 rings (SSSR count). The second-order valence-corrected chi connectivity index (χ2v) is 4.28. The average Bonchev–Trinajstić information content (AvgIpc) is 2.22. The van der Waals surface area contributed by atoms with Crippen LogP contribution in [0.3, 0.4) is 0 Å². The van der Waals surface area contributed by atoms with E-state index in [1.165, 1.54) is 16.8 Å². The van der Waals surface area contributed by atoms with E-state index in [-0.39, 0.29) is 11.9 Å². The molecule has 7 nitrogen and oxygen atoms in total. The summed E-state index contributed by atoms with van der Waals surface area (Å²) in [6, 6.07) is 1.53. The molecule has 0 saturated carbocycles. The van der Waals surface area contributed by atoms with Crippen LogP contribution in [-0.2, 0) is 15.6 Å². The second kappa shape index (κ2) is 4.88. The summed E-state index contributed by atoms with van der Waals surface area (Å²) in [6.45, 7) is 0.674. The van der Waals surface area contributed by atoms with Crippen molar-refractivity contribution in [2.75, 3.05) is 12.3 Å². The molecule has 16 heavy (non-hydrogen) atoms. The monoisotopic (exact) mass is 244 g/mol. The van der Waals surface area contributed by atoms with E-state index in [1.54, 1.807) is 0 Å². The Kier molecular flexibility index (Phi) is 3.50. The molecule has 2 atom stereocenters. The van der Waals surface area contributed by atoms with Crippen molar-refractivity contribution in [3.05, 3.63) is 22.7 Å². The highest BCUT2D eigenvalue weighted by Gasteiger charge is 2.18. The number of nitrogen functional groups attached to an aromatic ring is 1. The lowest BCUT2D eigenvalue weighted by atomic mass is 10.2. The number of aromatic nitrogens is 2. The van der Waals surface area contributed by atoms with Crippen LogP contribution in [0.15, 0.2) is 17.1 Å². The Hall–Kier alpha value is -1.01. The van der Waals surface area contributed by atoms with Crippen molar-refractivity contribution < 1.29 is 13.9 Å². The minimum Gasteiger partial charge on any atom is -0.786 e. The van der Waals surface area contributed by atoms with Gasteiger partial charge in [0.2, 0.25) is 0 Å². The molecule has 0 spiro atoms. The topological polar surface area (TPSA) is 102 Å². The van der Waals surface area contributed by atoms with Crippen LogP contribution in [-0.4, -0.2) is 22.3 Å². The molecule has 0 bridgehead atoms. The van der Waals surface area contributed by atoms with Crippen molar-refractivity contribution in [2.45, 2.75) is 19.1 Å². The smallest absolute Gasteiger partial charge is 0.349 e. The molecule has 0 aliphatic carbocycles. The lowest BCUT2D eigenvalue weighted by molar-refractivity contribution is -0.216. The molecule has 88 valence electrons. The summed E-state index contributed by atoms with van der Waals surface area (Å²) in [4.78, 5) is 26.0. The van der Waals surface area contributed by atoms with E-state index in [9.17, 15) is 9.69 Å². The zero-order valence-electron chi connectivity index (χ0n) is 8.41. The fourth-order valence-electron chi connectivity index (χ4n) is 1.39. The van der Waals surface area contributed by atoms with Crippen molar-refractivity contribution >= 4 is 14.4 Å². The first kappa shape index (κ1) is 11.5. The summed E-state index contributed by atoms with van der Waals surface area (Å²) in [5, 5.41) is 0. The Morgan fingerprint density at radius 2 is 2.56 bits per heavy atom. The molecule has 8 heteroatoms. The van der Waals surface area contributed by atoms with E-state index in [4.69, 9.17) is 14.8 Å². The summed E-state index contributed by atoms with van der Waals surface area (Å²) in [5.74, 6) is 0.181. The Morgan fingerprint density at radius 1 is 1.75 bits per heavy atom. The van der Waals surface area contributed by atoms with Gasteiger partial charge < -0.3 is 19.7 Å². The van der Waals surface area contributed by atoms with Gasteiger partial charge >= 0.3 is 5.69 Å². The van der Waals surface area contributed by atoms with Gasteiger partial charge in [0.1, 0.15) is 5.82 Å². The lowest BCUT2D eigenvalue weighted by Gasteiger charge is -2.33. The Labute approximate surface area is 92.8 Å². The van der Waals surface area contributed by atoms with Gasteiger partial charge in [-0.25, -0.2) is 4.79 Å². The van der Waals surface area contributed by atoms with Crippen LogP contribution in [0.2, 0.25) is 0 Å². The zero-order chi connectivity index (χ0) is 11.5. The van der Waals surface area contributed by atoms with Gasteiger partial charge in [-0.2, -0.15) is 4.98 Å². The van der Waals surface area contributed by atoms with Crippen molar-refractivity contribution in [2.24, 2.45) is 0 Å². The fourth-order valence-corrected chi connectivity index (χ4v) is 2.12. The molecular weight excluding hydrogens is 233 g/mol. The number of hydrogen-bond acceptors (Lipinski definition) is 6. The summed E-state index contributed by atoms with van der Waals surface area (Å²) >= 11 is 0. The third-order valence-corrected chi connectivity index (χ3v) is 3.03. The molecule has 2 N–H and O–H groups in total. The van der Waals surface area contributed by atoms with Gasteiger partial charge in [-0.15, -0.1) is 0 Å². The highest BCUT2D eigenvalue weighted by Crippen LogP contribution is 2.35. The molecule has 1 aliphatic heterocycles. The number of nitrogens with zero attached hydrogens (tertiary/aromatic N) is 2. The highest BCUT2D eigenvalue weighted by atomic mass is 31.2. The van der Waals surface area contributed by atoms with Gasteiger partial charge in [-0.1, -0.05) is 0 Å². The summed E-state index contributed by atoms with van der Waals surface area (Å²) in [5.41, 5.74) is 4.92. The largest absolute Gasteiger partial charge is 0.786 e. The lowest BCUT2D eigenvalue weighted by Crippen LogP contribution is -2.32. The first-order chi connectivity index (χ1) is 7.65. The quantitative estimate of drug-likeness (QED) is 0.684. The molecule has 2 heterocycles. The Balaban J connectivity index is 2.06. The van der Waals surface area contributed by atoms with Crippen molar-refractivity contribution in [3.8, 4) is 0 Å². The van der Waals surface area contributed by atoms with Gasteiger partial charge in [0, 0.05) is 6.20 Å². The van der Waals surface area contributed by atoms with Crippen LogP contribution in [0.5, 0.6) is 0 Å². The molecule has 0 radical (unpaired) electrons. The third kappa shape index (κ3) is 2.76. The highest BCUT2D eigenvalue weighted by molar-refractivity contribution is 7.39. The first-order valence-corrected chi connectivity index (χ1v) is 5.84. The summed E-state index contributed by atoms with van der Waals surface area (Å²) < 4.78 is 11.2. The molecule has 1 unspecified atom stereocenters. The van der Waals surface area contributed by atoms with E-state index in [0.29, 0.717) is 19.6 Å². The van der Waals surface area contributed by atoms with E-state index in [1.807, 2.05) is 0 Å². The number of anilines is 1. The van der Waals surface area contributed by atoms with Gasteiger partial charge in [0.15, 0.2) is 0 Å². The van der Waals surface area contributed by atoms with Gasteiger partial charge in [0.05, 0.1) is 27.9 Å². The molecule has 1 saturated heterocycles. The van der Waals surface area contributed by atoms with Crippen LogP contribution in [0.1, 0.15) is 6.42 Å². The van der Waals surface area contributed by atoms with E-state index in [2.05, 4.69) is 4.98 Å². The molecule has 1 fully saturated rings. The van der Waals surface area contributed by atoms with Crippen molar-refractivity contribution in [1.82, 2.24) is 9.55 Å². The standard InChI is InChI=1S/C8H11N3O4P/c9-7-1-3-11(8(12)10-7)5-6-2-4-14-16(13)15-6/h1,3,6H,2,4-5H2,(H2,9,10,12)/q-1/t6-,16?/m0/s1. The molecule has 1 aliphatic rings. The maximum atomic E-state index is 11.4. The van der Waals surface area contributed by atoms with Crippen LogP contribution >= 0.6 is 8.60 Å². The minimum absolute atomic E-state index is 0.181. The molecule has 1 aromatic heterocycles. The van der Waals surface area contributed by atoms with Crippen LogP contribution < -0.4 is 16.3 Å². The summed E-state index contributed by atoms with van der Waals surface area (Å²) in [6.07, 6.45) is 1.84. The minimum atomic E-state index is -2.05. The molecular formula is C8H11N3O4P-. The van der Waals surface area contributed by atoms with Crippen LogP contribution in [0, 0.1) is 0 Å². The van der Waals surface area contributed by atoms with Crippen molar-refractivity contribution in [3.63, 3.8) is 0 Å². The normalized spacial score (nSPS) is 25.6. The predicted octanol–water partition coefficient (Wildman–Crippen LogP) is -0.782. The Bertz CT molecular complexity index is 424. The predicted molar refractivity (Wildman–Crippen MR) is 55.3 cm³/mol. The number of nitrogens with two attached hydrogens (primary N) is 1. The second-order valence-electron chi connectivity index (χ2n) is 3.36. The maximum absolute atomic E-state index is 11.4. The Morgan fingerprint density at radius 3 is 3.25 bits per heavy atom. The molecule has 0 aromatic carbocycles. The van der Waals surface area contributed by atoms with Gasteiger partial charge in [-0.3, -0.25) is 4.57 Å². The first-order valence-electron chi connectivity index (χ1n) is 4.75. The molecule has 0 amide bonds. The van der Waals surface area contributed by atoms with Gasteiger partial charge in [0.25, 0.3) is 0 Å². The fraction of sp³-hybridized carbons (Fsp3) is 0.500. The van der Waals surface area contributed by atoms with Crippen LogP contribution in [0.25, 0.3) is 0 Å². The van der Waals surface area contributed by atoms with E-state index < -0.39 is 14.3 Å². The number of hydrogen-bond donors (Lipinski definition) is 1. The number of rotatable bonds is 2. The SMILES string of the molecule is Nc1ccn(C[C@@H]2CCOP([O-])O2)c(=O)n1. The maximum Gasteiger partial charge on any atom is 0.349 e. The van der Waals surface area contributed by atoms with Crippen molar-refractivity contribution in [1.29, 1.82) is 0 Å². The van der Waals surface area contributed by atoms with Crippen LogP contribution in [0.4, 0.5) is 5.82 Å². The van der Waals surface area contributed by atoms with Gasteiger partial charge in [-0.05, 0) is 12.5 Å². The third-order valence-electron chi connectivity index (χ3n) is 2.17. The summed E-state index contributed by atoms with van der Waals surface area (Å²) in [7, 11) is -2.05. The zero-order valence-corrected chi connectivity index (χ0v) is 9.30. The van der Waals surface area contributed by atoms with E-state index in [0.717, 1.165) is 0 Å². The van der Waals surface area contributed by atoms with E-state index >= 15 is 0 Å².